The number of methoxy groups -OCH3 is 2. The second-order valence-corrected chi connectivity index (χ2v) is 8.53. The van der Waals surface area contributed by atoms with Crippen molar-refractivity contribution >= 4 is 29.9 Å². The molecular formula is C23H33IN4O3. The van der Waals surface area contributed by atoms with Crippen LogP contribution >= 0.6 is 24.0 Å². The van der Waals surface area contributed by atoms with Crippen molar-refractivity contribution in [1.82, 2.24) is 15.2 Å². The number of ether oxygens (including phenoxy) is 3. The zero-order valence-electron chi connectivity index (χ0n) is 19.4. The number of nitrogens with zero attached hydrogens (tertiary/aromatic N) is 3. The fourth-order valence-electron chi connectivity index (χ4n) is 3.47. The molecule has 0 radical (unpaired) electrons. The molecular weight excluding hydrogens is 507 g/mol. The predicted octanol–water partition coefficient (Wildman–Crippen LogP) is 4.70. The van der Waals surface area contributed by atoms with Gasteiger partial charge in [-0.15, -0.1) is 24.0 Å². The third-order valence-electron chi connectivity index (χ3n) is 6.19. The predicted molar refractivity (Wildman–Crippen MR) is 134 cm³/mol. The summed E-state index contributed by atoms with van der Waals surface area (Å²) in [7, 11) is 5.01. The second kappa shape index (κ2) is 9.93. The Kier molecular flexibility index (Phi) is 8.02. The molecule has 7 nitrogen and oxygen atoms in total. The van der Waals surface area contributed by atoms with Crippen molar-refractivity contribution in [2.24, 2.45) is 10.4 Å². The molecule has 31 heavy (non-hydrogen) atoms. The minimum absolute atomic E-state index is 0. The highest BCUT2D eigenvalue weighted by atomic mass is 127. The van der Waals surface area contributed by atoms with E-state index in [-0.39, 0.29) is 34.9 Å². The third-order valence-corrected chi connectivity index (χ3v) is 6.19. The Hall–Kier alpha value is -2.23. The normalized spacial score (nSPS) is 16.6. The molecule has 1 N–H and O–H groups in total. The lowest BCUT2D eigenvalue weighted by atomic mass is 9.65. The summed E-state index contributed by atoms with van der Waals surface area (Å²) in [6, 6.07) is 9.30. The highest BCUT2D eigenvalue weighted by Crippen LogP contribution is 2.46. The largest absolute Gasteiger partial charge is 0.493 e. The Morgan fingerprint density at radius 3 is 2.19 bits per heavy atom. The number of benzene rings is 1. The standard InChI is InChI=1S/C23H32N4O3.HI/c1-22(2)15-27(23(22,3)4)21(24-5)26-14-16-11-12-19(25-13-16)30-20-17(28-6)9-8-10-18(20)29-7;/h8-13H,14-15H2,1-7H3,(H,24,26);1H. The second-order valence-electron chi connectivity index (χ2n) is 8.53. The van der Waals surface area contributed by atoms with Gasteiger partial charge in [-0.05, 0) is 31.5 Å². The van der Waals surface area contributed by atoms with Crippen LogP contribution in [0.3, 0.4) is 0 Å². The maximum absolute atomic E-state index is 5.93. The summed E-state index contributed by atoms with van der Waals surface area (Å²) in [4.78, 5) is 11.2. The molecule has 170 valence electrons. The van der Waals surface area contributed by atoms with Crippen molar-refractivity contribution in [3.05, 3.63) is 42.1 Å². The van der Waals surface area contributed by atoms with Crippen LogP contribution in [0.4, 0.5) is 0 Å². The Morgan fingerprint density at radius 2 is 1.74 bits per heavy atom. The molecule has 2 heterocycles. The summed E-state index contributed by atoms with van der Waals surface area (Å²) in [5.41, 5.74) is 1.34. The quantitative estimate of drug-likeness (QED) is 0.326. The van der Waals surface area contributed by atoms with E-state index in [2.05, 4.69) is 47.9 Å². The summed E-state index contributed by atoms with van der Waals surface area (Å²) in [5, 5.41) is 3.44. The number of halogens is 1. The van der Waals surface area contributed by atoms with Crippen molar-refractivity contribution in [3.63, 3.8) is 0 Å². The third kappa shape index (κ3) is 4.99. The summed E-state index contributed by atoms with van der Waals surface area (Å²) in [6.45, 7) is 10.7. The van der Waals surface area contributed by atoms with E-state index in [0.717, 1.165) is 18.1 Å². The van der Waals surface area contributed by atoms with Crippen molar-refractivity contribution < 1.29 is 14.2 Å². The molecule has 0 aliphatic carbocycles. The van der Waals surface area contributed by atoms with Crippen LogP contribution in [0.5, 0.6) is 23.1 Å². The minimum atomic E-state index is 0. The Labute approximate surface area is 202 Å². The van der Waals surface area contributed by atoms with Gasteiger partial charge in [0, 0.05) is 43.4 Å². The molecule has 0 unspecified atom stereocenters. The number of rotatable bonds is 6. The highest BCUT2D eigenvalue weighted by molar-refractivity contribution is 14.0. The van der Waals surface area contributed by atoms with Crippen LogP contribution in [0.2, 0.25) is 0 Å². The SMILES string of the molecule is CN=C(NCc1ccc(Oc2c(OC)cccc2OC)nc1)N1CC(C)(C)C1(C)C.I. The van der Waals surface area contributed by atoms with Crippen molar-refractivity contribution in [2.75, 3.05) is 27.8 Å². The highest BCUT2D eigenvalue weighted by Gasteiger charge is 2.53. The summed E-state index contributed by atoms with van der Waals surface area (Å²) < 4.78 is 16.7. The topological polar surface area (TPSA) is 68.2 Å². The van der Waals surface area contributed by atoms with Crippen LogP contribution in [0.1, 0.15) is 33.3 Å². The van der Waals surface area contributed by atoms with E-state index in [4.69, 9.17) is 14.2 Å². The Balaban J connectivity index is 0.00000341. The van der Waals surface area contributed by atoms with Crippen LogP contribution < -0.4 is 19.5 Å². The van der Waals surface area contributed by atoms with Crippen molar-refractivity contribution in [1.29, 1.82) is 0 Å². The minimum Gasteiger partial charge on any atom is -0.493 e. The molecule has 1 aliphatic heterocycles. The van der Waals surface area contributed by atoms with E-state index in [1.165, 1.54) is 0 Å². The smallest absolute Gasteiger partial charge is 0.219 e. The molecule has 2 aromatic rings. The van der Waals surface area contributed by atoms with Gasteiger partial charge in [-0.3, -0.25) is 4.99 Å². The van der Waals surface area contributed by atoms with E-state index in [9.17, 15) is 0 Å². The molecule has 0 amide bonds. The number of hydrogen-bond acceptors (Lipinski definition) is 5. The van der Waals surface area contributed by atoms with Gasteiger partial charge in [0.05, 0.1) is 14.2 Å². The first kappa shape index (κ1) is 25.0. The van der Waals surface area contributed by atoms with Gasteiger partial charge in [0.2, 0.25) is 11.6 Å². The molecule has 1 fully saturated rings. The molecule has 0 bridgehead atoms. The molecule has 8 heteroatoms. The van der Waals surface area contributed by atoms with Crippen molar-refractivity contribution in [3.8, 4) is 23.1 Å². The average molecular weight is 540 g/mol. The number of aromatic nitrogens is 1. The Morgan fingerprint density at radius 1 is 1.10 bits per heavy atom. The average Bonchev–Trinajstić information content (AvgIpc) is 2.74. The summed E-state index contributed by atoms with van der Waals surface area (Å²) >= 11 is 0. The molecule has 1 aromatic carbocycles. The first-order chi connectivity index (χ1) is 14.2. The molecule has 1 saturated heterocycles. The van der Waals surface area contributed by atoms with Gasteiger partial charge in [0.25, 0.3) is 0 Å². The van der Waals surface area contributed by atoms with E-state index >= 15 is 0 Å². The molecule has 3 rings (SSSR count). The van der Waals surface area contributed by atoms with Gasteiger partial charge in [-0.25, -0.2) is 4.98 Å². The van der Waals surface area contributed by atoms with E-state index in [1.807, 2.05) is 37.4 Å². The zero-order chi connectivity index (χ0) is 21.9. The molecule has 1 aliphatic rings. The monoisotopic (exact) mass is 540 g/mol. The molecule has 0 atom stereocenters. The van der Waals surface area contributed by atoms with Crippen LogP contribution in [0.15, 0.2) is 41.5 Å². The fraction of sp³-hybridized carbons (Fsp3) is 0.478. The van der Waals surface area contributed by atoms with Crippen LogP contribution in [-0.2, 0) is 6.54 Å². The number of pyridine rings is 1. The van der Waals surface area contributed by atoms with Gasteiger partial charge < -0.3 is 24.4 Å². The number of aliphatic imine (C=N–C) groups is 1. The lowest BCUT2D eigenvalue weighted by Gasteiger charge is -2.62. The van der Waals surface area contributed by atoms with Crippen molar-refractivity contribution in [2.45, 2.75) is 39.8 Å². The first-order valence-corrected chi connectivity index (χ1v) is 10.1. The van der Waals surface area contributed by atoms with Gasteiger partial charge in [-0.1, -0.05) is 26.0 Å². The first-order valence-electron chi connectivity index (χ1n) is 10.1. The number of hydrogen-bond donors (Lipinski definition) is 1. The van der Waals surface area contributed by atoms with Gasteiger partial charge >= 0.3 is 0 Å². The summed E-state index contributed by atoms with van der Waals surface area (Å²) in [5.74, 6) is 3.05. The van der Waals surface area contributed by atoms with Crippen LogP contribution in [0.25, 0.3) is 0 Å². The van der Waals surface area contributed by atoms with Gasteiger partial charge in [0.15, 0.2) is 17.5 Å². The maximum Gasteiger partial charge on any atom is 0.219 e. The fourth-order valence-corrected chi connectivity index (χ4v) is 3.47. The lowest BCUT2D eigenvalue weighted by Crippen LogP contribution is -2.72. The number of likely N-dealkylation sites (tertiary alicyclic amines) is 1. The number of nitrogens with one attached hydrogen (secondary N) is 1. The number of guanidine groups is 1. The molecule has 1 aromatic heterocycles. The van der Waals surface area contributed by atoms with Crippen LogP contribution in [0, 0.1) is 5.41 Å². The Bertz CT molecular complexity index is 891. The number of para-hydroxylation sites is 1. The summed E-state index contributed by atoms with van der Waals surface area (Å²) in [6.07, 6.45) is 1.79. The maximum atomic E-state index is 5.93. The molecule has 0 spiro atoms. The molecule has 0 saturated carbocycles. The van der Waals surface area contributed by atoms with E-state index < -0.39 is 0 Å². The van der Waals surface area contributed by atoms with E-state index in [0.29, 0.717) is 29.7 Å². The lowest BCUT2D eigenvalue weighted by molar-refractivity contribution is -0.0667. The van der Waals surface area contributed by atoms with E-state index in [1.54, 1.807) is 20.4 Å². The van der Waals surface area contributed by atoms with Gasteiger partial charge in [-0.2, -0.15) is 0 Å². The van der Waals surface area contributed by atoms with Crippen LogP contribution in [-0.4, -0.2) is 49.2 Å². The van der Waals surface area contributed by atoms with Gasteiger partial charge in [0.1, 0.15) is 0 Å². The zero-order valence-corrected chi connectivity index (χ0v) is 21.7.